The van der Waals surface area contributed by atoms with Gasteiger partial charge in [0.15, 0.2) is 0 Å². The molecule has 1 aliphatic rings. The maximum Gasteiger partial charge on any atom is 0.307 e. The highest BCUT2D eigenvalue weighted by atomic mass is 16.4. The Labute approximate surface area is 90.0 Å². The van der Waals surface area contributed by atoms with E-state index in [0.29, 0.717) is 6.42 Å². The van der Waals surface area contributed by atoms with E-state index in [9.17, 15) is 9.59 Å². The van der Waals surface area contributed by atoms with Crippen LogP contribution in [-0.2, 0) is 9.59 Å². The van der Waals surface area contributed by atoms with Crippen LogP contribution < -0.4 is 5.32 Å². The Balaban J connectivity index is 2.33. The molecule has 1 aliphatic carbocycles. The van der Waals surface area contributed by atoms with E-state index in [0.717, 1.165) is 19.3 Å². The van der Waals surface area contributed by atoms with Crippen molar-refractivity contribution in [3.05, 3.63) is 0 Å². The summed E-state index contributed by atoms with van der Waals surface area (Å²) in [5, 5.41) is 11.6. The van der Waals surface area contributed by atoms with Crippen molar-refractivity contribution in [2.45, 2.75) is 45.6 Å². The predicted molar refractivity (Wildman–Crippen MR) is 56.4 cm³/mol. The summed E-state index contributed by atoms with van der Waals surface area (Å²) in [5.41, 5.74) is 0. The van der Waals surface area contributed by atoms with E-state index in [-0.39, 0.29) is 17.9 Å². The maximum atomic E-state index is 11.6. The predicted octanol–water partition coefficient (Wildman–Crippen LogP) is 1.40. The molecule has 1 unspecified atom stereocenters. The number of carboxylic acid groups (broad SMARTS) is 1. The Morgan fingerprint density at radius 2 is 2.07 bits per heavy atom. The normalized spacial score (nSPS) is 25.7. The SMILES string of the molecule is CCCC(CC)NC(=O)[C@@H]1C[C@@H]1C(=O)O. The van der Waals surface area contributed by atoms with E-state index in [1.165, 1.54) is 0 Å². The molecule has 0 spiro atoms. The van der Waals surface area contributed by atoms with Gasteiger partial charge < -0.3 is 10.4 Å². The lowest BCUT2D eigenvalue weighted by atomic mass is 10.1. The van der Waals surface area contributed by atoms with Gasteiger partial charge in [0.1, 0.15) is 0 Å². The summed E-state index contributed by atoms with van der Waals surface area (Å²) in [4.78, 5) is 22.2. The molecule has 1 rings (SSSR count). The molecule has 0 saturated heterocycles. The van der Waals surface area contributed by atoms with Crippen molar-refractivity contribution < 1.29 is 14.7 Å². The number of aliphatic carboxylic acids is 1. The molecule has 0 bridgehead atoms. The van der Waals surface area contributed by atoms with Gasteiger partial charge in [-0.1, -0.05) is 20.3 Å². The lowest BCUT2D eigenvalue weighted by Gasteiger charge is -2.15. The van der Waals surface area contributed by atoms with Crippen LogP contribution in [0.15, 0.2) is 0 Å². The highest BCUT2D eigenvalue weighted by molar-refractivity contribution is 5.89. The molecule has 3 atom stereocenters. The van der Waals surface area contributed by atoms with Gasteiger partial charge in [-0.3, -0.25) is 9.59 Å². The van der Waals surface area contributed by atoms with Crippen molar-refractivity contribution in [1.29, 1.82) is 0 Å². The Bertz CT molecular complexity index is 252. The first-order valence-electron chi connectivity index (χ1n) is 5.63. The zero-order chi connectivity index (χ0) is 11.4. The van der Waals surface area contributed by atoms with Crippen LogP contribution in [0.2, 0.25) is 0 Å². The number of hydrogen-bond donors (Lipinski definition) is 2. The van der Waals surface area contributed by atoms with Gasteiger partial charge in [0, 0.05) is 6.04 Å². The second-order valence-electron chi connectivity index (χ2n) is 4.19. The molecule has 4 nitrogen and oxygen atoms in total. The molecule has 0 aromatic carbocycles. The summed E-state index contributed by atoms with van der Waals surface area (Å²) < 4.78 is 0. The third-order valence-electron chi connectivity index (χ3n) is 2.92. The van der Waals surface area contributed by atoms with Crippen LogP contribution in [0.25, 0.3) is 0 Å². The Hall–Kier alpha value is -1.06. The molecule has 0 heterocycles. The molecule has 0 radical (unpaired) electrons. The van der Waals surface area contributed by atoms with Crippen molar-refractivity contribution in [3.63, 3.8) is 0 Å². The fourth-order valence-electron chi connectivity index (χ4n) is 1.79. The quantitative estimate of drug-likeness (QED) is 0.701. The first kappa shape index (κ1) is 12.0. The highest BCUT2D eigenvalue weighted by Crippen LogP contribution is 2.38. The average molecular weight is 213 g/mol. The van der Waals surface area contributed by atoms with Gasteiger partial charge in [-0.05, 0) is 19.3 Å². The van der Waals surface area contributed by atoms with Crippen LogP contribution in [0.3, 0.4) is 0 Å². The van der Waals surface area contributed by atoms with Gasteiger partial charge in [0.25, 0.3) is 0 Å². The second-order valence-corrected chi connectivity index (χ2v) is 4.19. The molecule has 1 amide bonds. The van der Waals surface area contributed by atoms with Crippen molar-refractivity contribution in [2.75, 3.05) is 0 Å². The Kier molecular flexibility index (Phi) is 4.12. The molecule has 86 valence electrons. The summed E-state index contributed by atoms with van der Waals surface area (Å²) in [6, 6.07) is 0.206. The monoisotopic (exact) mass is 213 g/mol. The number of carbonyl (C=O) groups excluding carboxylic acids is 1. The zero-order valence-electron chi connectivity index (χ0n) is 9.32. The lowest BCUT2D eigenvalue weighted by Crippen LogP contribution is -2.36. The number of carbonyl (C=O) groups is 2. The molecule has 15 heavy (non-hydrogen) atoms. The average Bonchev–Trinajstić information content (AvgIpc) is 2.96. The van der Waals surface area contributed by atoms with Gasteiger partial charge >= 0.3 is 5.97 Å². The van der Waals surface area contributed by atoms with E-state index in [1.807, 2.05) is 6.92 Å². The maximum absolute atomic E-state index is 11.6. The molecule has 0 aromatic heterocycles. The molecule has 1 saturated carbocycles. The Morgan fingerprint density at radius 3 is 2.47 bits per heavy atom. The van der Waals surface area contributed by atoms with E-state index in [1.54, 1.807) is 0 Å². The van der Waals surface area contributed by atoms with Gasteiger partial charge in [-0.15, -0.1) is 0 Å². The van der Waals surface area contributed by atoms with Gasteiger partial charge in [0.2, 0.25) is 5.91 Å². The van der Waals surface area contributed by atoms with E-state index < -0.39 is 11.9 Å². The molecule has 0 aromatic rings. The minimum absolute atomic E-state index is 0.0808. The van der Waals surface area contributed by atoms with Crippen molar-refractivity contribution in [2.24, 2.45) is 11.8 Å². The van der Waals surface area contributed by atoms with Gasteiger partial charge in [-0.25, -0.2) is 0 Å². The fraction of sp³-hybridized carbons (Fsp3) is 0.818. The minimum atomic E-state index is -0.848. The smallest absolute Gasteiger partial charge is 0.307 e. The van der Waals surface area contributed by atoms with Gasteiger partial charge in [-0.2, -0.15) is 0 Å². The topological polar surface area (TPSA) is 66.4 Å². The van der Waals surface area contributed by atoms with Crippen LogP contribution in [0.4, 0.5) is 0 Å². The number of amides is 1. The van der Waals surface area contributed by atoms with Crippen LogP contribution in [0.5, 0.6) is 0 Å². The van der Waals surface area contributed by atoms with Crippen LogP contribution in [-0.4, -0.2) is 23.0 Å². The highest BCUT2D eigenvalue weighted by Gasteiger charge is 2.48. The zero-order valence-corrected chi connectivity index (χ0v) is 9.32. The molecular formula is C11H19NO3. The first-order chi connectivity index (χ1) is 7.10. The minimum Gasteiger partial charge on any atom is -0.481 e. The Morgan fingerprint density at radius 1 is 1.40 bits per heavy atom. The van der Waals surface area contributed by atoms with Crippen molar-refractivity contribution >= 4 is 11.9 Å². The molecule has 4 heteroatoms. The summed E-state index contributed by atoms with van der Waals surface area (Å²) in [6.07, 6.45) is 3.41. The van der Waals surface area contributed by atoms with Crippen molar-refractivity contribution in [3.8, 4) is 0 Å². The van der Waals surface area contributed by atoms with Crippen LogP contribution >= 0.6 is 0 Å². The van der Waals surface area contributed by atoms with Gasteiger partial charge in [0.05, 0.1) is 11.8 Å². The third kappa shape index (κ3) is 3.22. The summed E-state index contributed by atoms with van der Waals surface area (Å²) in [7, 11) is 0. The second kappa shape index (κ2) is 5.14. The fourth-order valence-corrected chi connectivity index (χ4v) is 1.79. The number of rotatable bonds is 6. The first-order valence-corrected chi connectivity index (χ1v) is 5.63. The summed E-state index contributed by atoms with van der Waals surface area (Å²) in [5.74, 6) is -1.65. The van der Waals surface area contributed by atoms with Crippen LogP contribution in [0, 0.1) is 11.8 Å². The van der Waals surface area contributed by atoms with E-state index in [4.69, 9.17) is 5.11 Å². The van der Waals surface area contributed by atoms with Crippen LogP contribution in [0.1, 0.15) is 39.5 Å². The molecule has 2 N–H and O–H groups in total. The molecule has 1 fully saturated rings. The summed E-state index contributed by atoms with van der Waals surface area (Å²) >= 11 is 0. The number of carboxylic acids is 1. The molecule has 0 aliphatic heterocycles. The molecular weight excluding hydrogens is 194 g/mol. The van der Waals surface area contributed by atoms with E-state index >= 15 is 0 Å². The number of nitrogens with one attached hydrogen (secondary N) is 1. The summed E-state index contributed by atoms with van der Waals surface area (Å²) in [6.45, 7) is 4.11. The largest absolute Gasteiger partial charge is 0.481 e. The standard InChI is InChI=1S/C11H19NO3/c1-3-5-7(4-2)12-10(13)8-6-9(8)11(14)15/h7-9H,3-6H2,1-2H3,(H,12,13)(H,14,15)/t7?,8-,9+/m1/s1. The lowest BCUT2D eigenvalue weighted by molar-refractivity contribution is -0.140. The van der Waals surface area contributed by atoms with Crippen molar-refractivity contribution in [1.82, 2.24) is 5.32 Å². The third-order valence-corrected chi connectivity index (χ3v) is 2.92. The number of hydrogen-bond acceptors (Lipinski definition) is 2. The van der Waals surface area contributed by atoms with E-state index in [2.05, 4.69) is 12.2 Å².